The Morgan fingerprint density at radius 1 is 1.32 bits per heavy atom. The van der Waals surface area contributed by atoms with Crippen molar-refractivity contribution >= 4 is 11.9 Å². The van der Waals surface area contributed by atoms with Crippen molar-refractivity contribution in [1.82, 2.24) is 9.38 Å². The van der Waals surface area contributed by atoms with E-state index in [1.165, 1.54) is 0 Å². The molecule has 3 rings (SSSR count). The molecule has 0 fully saturated rings. The molecule has 0 saturated heterocycles. The van der Waals surface area contributed by atoms with Crippen molar-refractivity contribution in [3.8, 4) is 11.5 Å². The molecule has 0 radical (unpaired) electrons. The first-order valence-electron chi connectivity index (χ1n) is 6.90. The van der Waals surface area contributed by atoms with Crippen LogP contribution in [0.4, 0.5) is 0 Å². The van der Waals surface area contributed by atoms with Crippen molar-refractivity contribution in [3.63, 3.8) is 0 Å². The number of ether oxygens (including phenoxy) is 2. The SMILES string of the molecule is COc1ccc(OCc2cn3cccc(C)c3n2)c(C=O)c1. The number of aromatic nitrogens is 2. The Morgan fingerprint density at radius 2 is 2.18 bits per heavy atom. The second-order valence-electron chi connectivity index (χ2n) is 4.96. The van der Waals surface area contributed by atoms with Crippen molar-refractivity contribution in [2.45, 2.75) is 13.5 Å². The molecule has 2 aromatic heterocycles. The minimum absolute atomic E-state index is 0.300. The molecule has 2 heterocycles. The van der Waals surface area contributed by atoms with Crippen LogP contribution in [0.1, 0.15) is 21.6 Å². The molecule has 3 aromatic rings. The number of methoxy groups -OCH3 is 1. The molecule has 0 spiro atoms. The maximum atomic E-state index is 11.1. The number of hydrogen-bond acceptors (Lipinski definition) is 4. The lowest BCUT2D eigenvalue weighted by Crippen LogP contribution is -1.99. The lowest BCUT2D eigenvalue weighted by atomic mass is 10.2. The van der Waals surface area contributed by atoms with Crippen LogP contribution in [0.15, 0.2) is 42.7 Å². The third kappa shape index (κ3) is 2.65. The van der Waals surface area contributed by atoms with E-state index in [0.29, 0.717) is 23.7 Å². The van der Waals surface area contributed by atoms with Crippen LogP contribution in [-0.4, -0.2) is 22.8 Å². The first kappa shape index (κ1) is 14.1. The van der Waals surface area contributed by atoms with Crippen molar-refractivity contribution in [1.29, 1.82) is 0 Å². The second-order valence-corrected chi connectivity index (χ2v) is 4.96. The van der Waals surface area contributed by atoms with Gasteiger partial charge in [0, 0.05) is 12.4 Å². The number of aldehydes is 1. The zero-order chi connectivity index (χ0) is 15.5. The minimum atomic E-state index is 0.300. The number of imidazole rings is 1. The Kier molecular flexibility index (Phi) is 3.78. The summed E-state index contributed by atoms with van der Waals surface area (Å²) in [5.74, 6) is 1.14. The maximum absolute atomic E-state index is 11.1. The van der Waals surface area contributed by atoms with Gasteiger partial charge in [-0.05, 0) is 36.8 Å². The van der Waals surface area contributed by atoms with Crippen LogP contribution < -0.4 is 9.47 Å². The molecule has 5 nitrogen and oxygen atoms in total. The lowest BCUT2D eigenvalue weighted by molar-refractivity contribution is 0.111. The van der Waals surface area contributed by atoms with Gasteiger partial charge in [-0.3, -0.25) is 4.79 Å². The van der Waals surface area contributed by atoms with Gasteiger partial charge in [0.1, 0.15) is 23.8 Å². The summed E-state index contributed by atoms with van der Waals surface area (Å²) >= 11 is 0. The van der Waals surface area contributed by atoms with Crippen LogP contribution in [0.25, 0.3) is 5.65 Å². The number of rotatable bonds is 5. The molecule has 1 aromatic carbocycles. The van der Waals surface area contributed by atoms with Crippen molar-refractivity contribution in [2.24, 2.45) is 0 Å². The number of aryl methyl sites for hydroxylation is 1. The van der Waals surface area contributed by atoms with Gasteiger partial charge in [-0.15, -0.1) is 0 Å². The smallest absolute Gasteiger partial charge is 0.153 e. The molecule has 0 unspecified atom stereocenters. The van der Waals surface area contributed by atoms with Gasteiger partial charge in [-0.1, -0.05) is 6.07 Å². The monoisotopic (exact) mass is 296 g/mol. The number of hydrogen-bond donors (Lipinski definition) is 0. The van der Waals surface area contributed by atoms with Gasteiger partial charge in [0.25, 0.3) is 0 Å². The first-order valence-corrected chi connectivity index (χ1v) is 6.90. The van der Waals surface area contributed by atoms with E-state index in [1.54, 1.807) is 25.3 Å². The van der Waals surface area contributed by atoms with E-state index < -0.39 is 0 Å². The van der Waals surface area contributed by atoms with E-state index in [4.69, 9.17) is 9.47 Å². The maximum Gasteiger partial charge on any atom is 0.153 e. The largest absolute Gasteiger partial charge is 0.497 e. The summed E-state index contributed by atoms with van der Waals surface area (Å²) in [6.45, 7) is 2.31. The third-order valence-corrected chi connectivity index (χ3v) is 3.45. The van der Waals surface area contributed by atoms with Crippen LogP contribution in [0.5, 0.6) is 11.5 Å². The van der Waals surface area contributed by atoms with E-state index in [2.05, 4.69) is 4.98 Å². The number of benzene rings is 1. The molecule has 112 valence electrons. The van der Waals surface area contributed by atoms with Gasteiger partial charge in [-0.2, -0.15) is 0 Å². The van der Waals surface area contributed by atoms with Crippen LogP contribution in [0.2, 0.25) is 0 Å². The highest BCUT2D eigenvalue weighted by atomic mass is 16.5. The predicted octanol–water partition coefficient (Wildman–Crippen LogP) is 3.04. The van der Waals surface area contributed by atoms with E-state index in [9.17, 15) is 4.79 Å². The molecule has 0 aliphatic rings. The summed E-state index contributed by atoms with van der Waals surface area (Å²) < 4.78 is 12.8. The van der Waals surface area contributed by atoms with Gasteiger partial charge in [0.05, 0.1) is 18.4 Å². The summed E-state index contributed by atoms with van der Waals surface area (Å²) in [5, 5.41) is 0. The third-order valence-electron chi connectivity index (χ3n) is 3.45. The average Bonchev–Trinajstić information content (AvgIpc) is 2.97. The number of nitrogens with zero attached hydrogens (tertiary/aromatic N) is 2. The standard InChI is InChI=1S/C17H16N2O3/c1-12-4-3-7-19-9-14(18-17(12)19)11-22-16-6-5-15(21-2)8-13(16)10-20/h3-10H,11H2,1-2H3. The van der Waals surface area contributed by atoms with Gasteiger partial charge < -0.3 is 13.9 Å². The molecule has 0 bridgehead atoms. The Morgan fingerprint density at radius 3 is 2.91 bits per heavy atom. The van der Waals surface area contributed by atoms with Crippen LogP contribution >= 0.6 is 0 Å². The molecule has 22 heavy (non-hydrogen) atoms. The zero-order valence-corrected chi connectivity index (χ0v) is 12.4. The summed E-state index contributed by atoms with van der Waals surface area (Å²) in [6, 6.07) is 9.12. The summed E-state index contributed by atoms with van der Waals surface area (Å²) in [5.41, 5.74) is 3.28. The highest BCUT2D eigenvalue weighted by Crippen LogP contribution is 2.23. The Bertz CT molecular complexity index is 824. The van der Waals surface area contributed by atoms with Gasteiger partial charge in [-0.25, -0.2) is 4.98 Å². The quantitative estimate of drug-likeness (QED) is 0.679. The number of fused-ring (bicyclic) bond motifs is 1. The fourth-order valence-electron chi connectivity index (χ4n) is 2.30. The molecule has 0 aliphatic carbocycles. The molecule has 5 heteroatoms. The minimum Gasteiger partial charge on any atom is -0.497 e. The van der Waals surface area contributed by atoms with E-state index in [1.807, 2.05) is 35.9 Å². The fraction of sp³-hybridized carbons (Fsp3) is 0.176. The molecule has 0 atom stereocenters. The van der Waals surface area contributed by atoms with E-state index in [-0.39, 0.29) is 0 Å². The predicted molar refractivity (Wildman–Crippen MR) is 82.6 cm³/mol. The molecule has 0 N–H and O–H groups in total. The van der Waals surface area contributed by atoms with Gasteiger partial charge in [0.15, 0.2) is 6.29 Å². The second kappa shape index (κ2) is 5.89. The topological polar surface area (TPSA) is 52.8 Å². The van der Waals surface area contributed by atoms with Crippen LogP contribution in [0, 0.1) is 6.92 Å². The Hall–Kier alpha value is -2.82. The number of carbonyl (C=O) groups is 1. The number of carbonyl (C=O) groups excluding carboxylic acids is 1. The molecular formula is C17H16N2O3. The molecule has 0 aliphatic heterocycles. The lowest BCUT2D eigenvalue weighted by Gasteiger charge is -2.08. The summed E-state index contributed by atoms with van der Waals surface area (Å²) in [6.07, 6.45) is 4.63. The highest BCUT2D eigenvalue weighted by molar-refractivity contribution is 5.80. The molecular weight excluding hydrogens is 280 g/mol. The summed E-state index contributed by atoms with van der Waals surface area (Å²) in [4.78, 5) is 15.7. The van der Waals surface area contributed by atoms with E-state index in [0.717, 1.165) is 23.2 Å². The molecule has 0 amide bonds. The summed E-state index contributed by atoms with van der Waals surface area (Å²) in [7, 11) is 1.56. The number of pyridine rings is 1. The van der Waals surface area contributed by atoms with Gasteiger partial charge >= 0.3 is 0 Å². The van der Waals surface area contributed by atoms with E-state index >= 15 is 0 Å². The van der Waals surface area contributed by atoms with Gasteiger partial charge in [0.2, 0.25) is 0 Å². The average molecular weight is 296 g/mol. The first-order chi connectivity index (χ1) is 10.7. The van der Waals surface area contributed by atoms with Crippen molar-refractivity contribution in [2.75, 3.05) is 7.11 Å². The Labute approximate surface area is 128 Å². The normalized spacial score (nSPS) is 10.6. The van der Waals surface area contributed by atoms with Crippen LogP contribution in [0.3, 0.4) is 0 Å². The van der Waals surface area contributed by atoms with Crippen LogP contribution in [-0.2, 0) is 6.61 Å². The zero-order valence-electron chi connectivity index (χ0n) is 12.4. The fourth-order valence-corrected chi connectivity index (χ4v) is 2.30. The highest BCUT2D eigenvalue weighted by Gasteiger charge is 2.08. The van der Waals surface area contributed by atoms with Crippen molar-refractivity contribution in [3.05, 3.63) is 59.5 Å². The van der Waals surface area contributed by atoms with Crippen molar-refractivity contribution < 1.29 is 14.3 Å². The Balaban J connectivity index is 1.82. The molecule has 0 saturated carbocycles.